The van der Waals surface area contributed by atoms with Crippen LogP contribution in [0, 0.1) is 0 Å². The van der Waals surface area contributed by atoms with E-state index in [1.54, 1.807) is 6.20 Å². The van der Waals surface area contributed by atoms with Crippen molar-refractivity contribution in [2.45, 2.75) is 12.5 Å². The number of hydrogen-bond donors (Lipinski definition) is 1. The third kappa shape index (κ3) is 3.25. The highest BCUT2D eigenvalue weighted by molar-refractivity contribution is 5.80. The van der Waals surface area contributed by atoms with Gasteiger partial charge in [0, 0.05) is 25.5 Å². The van der Waals surface area contributed by atoms with Gasteiger partial charge in [0.25, 0.3) is 0 Å². The van der Waals surface area contributed by atoms with Crippen LogP contribution in [0.1, 0.15) is 5.56 Å². The molecule has 1 aromatic rings. The fraction of sp³-hybridized carbons (Fsp3) is 0.500. The molecule has 1 amide bonds. The van der Waals surface area contributed by atoms with E-state index in [4.69, 9.17) is 10.5 Å². The van der Waals surface area contributed by atoms with Crippen LogP contribution in [0.4, 0.5) is 0 Å². The molecule has 1 atom stereocenters. The summed E-state index contributed by atoms with van der Waals surface area (Å²) >= 11 is 0. The maximum atomic E-state index is 11.3. The van der Waals surface area contributed by atoms with Crippen LogP contribution < -0.4 is 5.73 Å². The van der Waals surface area contributed by atoms with Crippen molar-refractivity contribution in [1.29, 1.82) is 0 Å². The van der Waals surface area contributed by atoms with Gasteiger partial charge in [0.05, 0.1) is 13.2 Å². The van der Waals surface area contributed by atoms with Gasteiger partial charge in [-0.25, -0.2) is 0 Å². The highest BCUT2D eigenvalue weighted by atomic mass is 16.5. The molecule has 1 aromatic heterocycles. The van der Waals surface area contributed by atoms with E-state index >= 15 is 0 Å². The van der Waals surface area contributed by atoms with Gasteiger partial charge in [-0.1, -0.05) is 6.07 Å². The largest absolute Gasteiger partial charge is 0.378 e. The Morgan fingerprint density at radius 3 is 3.24 bits per heavy atom. The molecule has 0 radical (unpaired) electrons. The van der Waals surface area contributed by atoms with Crippen LogP contribution in [-0.4, -0.2) is 48.1 Å². The molecule has 0 spiro atoms. The lowest BCUT2D eigenvalue weighted by Gasteiger charge is -2.33. The van der Waals surface area contributed by atoms with Gasteiger partial charge in [0.15, 0.2) is 0 Å². The van der Waals surface area contributed by atoms with E-state index in [2.05, 4.69) is 9.88 Å². The Labute approximate surface area is 101 Å². The molecule has 92 valence electrons. The number of morpholine rings is 1. The van der Waals surface area contributed by atoms with Crippen molar-refractivity contribution >= 4 is 5.91 Å². The number of amides is 1. The van der Waals surface area contributed by atoms with Gasteiger partial charge >= 0.3 is 0 Å². The molecule has 0 saturated carbocycles. The van der Waals surface area contributed by atoms with E-state index in [-0.39, 0.29) is 11.9 Å². The molecule has 5 nitrogen and oxygen atoms in total. The molecule has 17 heavy (non-hydrogen) atoms. The van der Waals surface area contributed by atoms with E-state index in [0.29, 0.717) is 13.2 Å². The standard InChI is InChI=1S/C12H17N3O2/c13-12(16)11-9-17-7-6-15(11)5-3-10-2-1-4-14-8-10/h1-2,4,8,11H,3,5-7,9H2,(H2,13,16)/t11-/m0/s1. The molecule has 1 saturated heterocycles. The number of nitrogens with zero attached hydrogens (tertiary/aromatic N) is 2. The molecule has 0 unspecified atom stereocenters. The van der Waals surface area contributed by atoms with Crippen molar-refractivity contribution in [3.05, 3.63) is 30.1 Å². The summed E-state index contributed by atoms with van der Waals surface area (Å²) < 4.78 is 5.27. The lowest BCUT2D eigenvalue weighted by Crippen LogP contribution is -2.52. The van der Waals surface area contributed by atoms with Crippen molar-refractivity contribution in [2.75, 3.05) is 26.3 Å². The van der Waals surface area contributed by atoms with Gasteiger partial charge in [0.1, 0.15) is 6.04 Å². The van der Waals surface area contributed by atoms with Crippen LogP contribution in [0.3, 0.4) is 0 Å². The van der Waals surface area contributed by atoms with E-state index in [9.17, 15) is 4.79 Å². The fourth-order valence-corrected chi connectivity index (χ4v) is 1.99. The smallest absolute Gasteiger partial charge is 0.237 e. The van der Waals surface area contributed by atoms with E-state index in [1.165, 1.54) is 5.56 Å². The molecular formula is C12H17N3O2. The van der Waals surface area contributed by atoms with Crippen LogP contribution in [0.2, 0.25) is 0 Å². The van der Waals surface area contributed by atoms with Crippen LogP contribution in [0.25, 0.3) is 0 Å². The predicted octanol–water partition coefficient (Wildman–Crippen LogP) is -0.190. The molecule has 0 aliphatic carbocycles. The Hall–Kier alpha value is -1.46. The second kappa shape index (κ2) is 5.75. The Kier molecular flexibility index (Phi) is 4.06. The van der Waals surface area contributed by atoms with Crippen molar-refractivity contribution in [1.82, 2.24) is 9.88 Å². The molecular weight excluding hydrogens is 218 g/mol. The SMILES string of the molecule is NC(=O)[C@@H]1COCCN1CCc1cccnc1. The highest BCUT2D eigenvalue weighted by Crippen LogP contribution is 2.08. The van der Waals surface area contributed by atoms with Crippen LogP contribution >= 0.6 is 0 Å². The number of nitrogens with two attached hydrogens (primary N) is 1. The van der Waals surface area contributed by atoms with Crippen molar-refractivity contribution < 1.29 is 9.53 Å². The van der Waals surface area contributed by atoms with Crippen molar-refractivity contribution in [3.63, 3.8) is 0 Å². The lowest BCUT2D eigenvalue weighted by atomic mass is 10.1. The van der Waals surface area contributed by atoms with E-state index in [0.717, 1.165) is 19.5 Å². The molecule has 2 heterocycles. The average Bonchev–Trinajstić information content (AvgIpc) is 2.38. The van der Waals surface area contributed by atoms with E-state index in [1.807, 2.05) is 18.3 Å². The first-order chi connectivity index (χ1) is 8.27. The monoisotopic (exact) mass is 235 g/mol. The quantitative estimate of drug-likeness (QED) is 0.785. The topological polar surface area (TPSA) is 68.5 Å². The highest BCUT2D eigenvalue weighted by Gasteiger charge is 2.26. The Balaban J connectivity index is 1.90. The zero-order valence-corrected chi connectivity index (χ0v) is 9.71. The van der Waals surface area contributed by atoms with Gasteiger partial charge in [-0.3, -0.25) is 14.7 Å². The number of carbonyl (C=O) groups is 1. The van der Waals surface area contributed by atoms with Crippen molar-refractivity contribution in [2.24, 2.45) is 5.73 Å². The number of carbonyl (C=O) groups excluding carboxylic acids is 1. The first-order valence-electron chi connectivity index (χ1n) is 5.77. The molecule has 5 heteroatoms. The number of primary amides is 1. The summed E-state index contributed by atoms with van der Waals surface area (Å²) in [6.45, 7) is 2.63. The zero-order chi connectivity index (χ0) is 12.1. The first kappa shape index (κ1) is 12.0. The maximum absolute atomic E-state index is 11.3. The first-order valence-corrected chi connectivity index (χ1v) is 5.77. The van der Waals surface area contributed by atoms with E-state index < -0.39 is 0 Å². The average molecular weight is 235 g/mol. The van der Waals surface area contributed by atoms with Gasteiger partial charge < -0.3 is 10.5 Å². The second-order valence-corrected chi connectivity index (χ2v) is 4.14. The summed E-state index contributed by atoms with van der Waals surface area (Å²) in [6.07, 6.45) is 4.47. The van der Waals surface area contributed by atoms with Crippen LogP contribution in [-0.2, 0) is 16.0 Å². The summed E-state index contributed by atoms with van der Waals surface area (Å²) in [5.74, 6) is -0.309. The number of ether oxygens (including phenoxy) is 1. The lowest BCUT2D eigenvalue weighted by molar-refractivity contribution is -0.129. The van der Waals surface area contributed by atoms with Crippen LogP contribution in [0.15, 0.2) is 24.5 Å². The predicted molar refractivity (Wildman–Crippen MR) is 63.3 cm³/mol. The number of aromatic nitrogens is 1. The zero-order valence-electron chi connectivity index (χ0n) is 9.71. The minimum atomic E-state index is -0.309. The molecule has 1 aliphatic rings. The summed E-state index contributed by atoms with van der Waals surface area (Å²) in [6, 6.07) is 3.66. The normalized spacial score (nSPS) is 21.3. The molecule has 2 rings (SSSR count). The number of rotatable bonds is 4. The molecule has 2 N–H and O–H groups in total. The van der Waals surface area contributed by atoms with Crippen molar-refractivity contribution in [3.8, 4) is 0 Å². The number of pyridine rings is 1. The Morgan fingerprint density at radius 2 is 2.53 bits per heavy atom. The molecule has 0 aromatic carbocycles. The van der Waals surface area contributed by atoms with Gasteiger partial charge in [-0.2, -0.15) is 0 Å². The summed E-state index contributed by atoms with van der Waals surface area (Å²) in [4.78, 5) is 17.4. The summed E-state index contributed by atoms with van der Waals surface area (Å²) in [5.41, 5.74) is 6.52. The minimum Gasteiger partial charge on any atom is -0.378 e. The second-order valence-electron chi connectivity index (χ2n) is 4.14. The maximum Gasteiger partial charge on any atom is 0.237 e. The summed E-state index contributed by atoms with van der Waals surface area (Å²) in [5, 5.41) is 0. The van der Waals surface area contributed by atoms with Gasteiger partial charge in [0.2, 0.25) is 5.91 Å². The Bertz CT molecular complexity index is 369. The molecule has 0 bridgehead atoms. The minimum absolute atomic E-state index is 0.291. The third-order valence-corrected chi connectivity index (χ3v) is 2.98. The Morgan fingerprint density at radius 1 is 1.65 bits per heavy atom. The number of hydrogen-bond acceptors (Lipinski definition) is 4. The van der Waals surface area contributed by atoms with Crippen LogP contribution in [0.5, 0.6) is 0 Å². The third-order valence-electron chi connectivity index (χ3n) is 2.98. The summed E-state index contributed by atoms with van der Waals surface area (Å²) in [7, 11) is 0. The fourth-order valence-electron chi connectivity index (χ4n) is 1.99. The molecule has 1 fully saturated rings. The molecule has 1 aliphatic heterocycles. The van der Waals surface area contributed by atoms with Gasteiger partial charge in [-0.05, 0) is 18.1 Å². The van der Waals surface area contributed by atoms with Gasteiger partial charge in [-0.15, -0.1) is 0 Å².